The smallest absolute Gasteiger partial charge is 0.244 e. The van der Waals surface area contributed by atoms with E-state index in [0.717, 1.165) is 31.5 Å². The molecule has 0 aliphatic carbocycles. The molecule has 1 spiro atoms. The molecule has 8 heteroatoms. The highest BCUT2D eigenvalue weighted by atomic mass is 32.2. The number of nitrogens with one attached hydrogen (secondary N) is 1. The maximum Gasteiger partial charge on any atom is 0.244 e. The Hall–Kier alpha value is -2.29. The highest BCUT2D eigenvalue weighted by Crippen LogP contribution is 2.43. The Labute approximate surface area is 171 Å². The van der Waals surface area contributed by atoms with Crippen LogP contribution in [0.5, 0.6) is 0 Å². The van der Waals surface area contributed by atoms with Gasteiger partial charge in [0.15, 0.2) is 0 Å². The van der Waals surface area contributed by atoms with Gasteiger partial charge in [-0.3, -0.25) is 14.7 Å². The number of benzene rings is 1. The van der Waals surface area contributed by atoms with Gasteiger partial charge in [0.25, 0.3) is 0 Å². The average Bonchev–Trinajstić information content (AvgIpc) is 3.05. The van der Waals surface area contributed by atoms with Gasteiger partial charge in [0.1, 0.15) is 4.90 Å². The molecule has 3 heterocycles. The van der Waals surface area contributed by atoms with Crippen LogP contribution in [0.2, 0.25) is 0 Å². The number of likely N-dealkylation sites (N-methyl/N-ethyl adjacent to an activating group) is 1. The van der Waals surface area contributed by atoms with E-state index in [-0.39, 0.29) is 22.3 Å². The standard InChI is InChI=1S/C21H26N4O3S/c1-24-16-21(14-19(24)20(26)23-17-6-3-2-4-7-17)9-12-25(13-10-21)29(27,28)18-8-5-11-22-15-18/h2-8,11,15,19H,9-10,12-14,16H2,1H3,(H,23,26). The third-order valence-corrected chi connectivity index (χ3v) is 8.02. The quantitative estimate of drug-likeness (QED) is 0.829. The number of hydrogen-bond donors (Lipinski definition) is 1. The van der Waals surface area contributed by atoms with Crippen molar-refractivity contribution >= 4 is 21.6 Å². The van der Waals surface area contributed by atoms with Gasteiger partial charge < -0.3 is 5.32 Å². The van der Waals surface area contributed by atoms with Gasteiger partial charge >= 0.3 is 0 Å². The second kappa shape index (κ2) is 7.85. The summed E-state index contributed by atoms with van der Waals surface area (Å²) in [7, 11) is -1.54. The number of likely N-dealkylation sites (tertiary alicyclic amines) is 1. The second-order valence-corrected chi connectivity index (χ2v) is 10.0. The van der Waals surface area contributed by atoms with E-state index < -0.39 is 10.0 Å². The third kappa shape index (κ3) is 4.05. The Morgan fingerprint density at radius 3 is 2.52 bits per heavy atom. The first-order chi connectivity index (χ1) is 13.9. The van der Waals surface area contributed by atoms with Gasteiger partial charge in [-0.25, -0.2) is 8.42 Å². The van der Waals surface area contributed by atoms with Crippen LogP contribution in [0, 0.1) is 5.41 Å². The first-order valence-electron chi connectivity index (χ1n) is 9.86. The van der Waals surface area contributed by atoms with Crippen LogP contribution in [0.25, 0.3) is 0 Å². The largest absolute Gasteiger partial charge is 0.325 e. The predicted octanol–water partition coefficient (Wildman–Crippen LogP) is 2.20. The van der Waals surface area contributed by atoms with Crippen molar-refractivity contribution in [2.24, 2.45) is 5.41 Å². The number of carbonyl (C=O) groups excluding carboxylic acids is 1. The van der Waals surface area contributed by atoms with Crippen molar-refractivity contribution < 1.29 is 13.2 Å². The van der Waals surface area contributed by atoms with Crippen LogP contribution >= 0.6 is 0 Å². The van der Waals surface area contributed by atoms with E-state index in [0.29, 0.717) is 13.1 Å². The molecule has 1 aromatic heterocycles. The number of piperidine rings is 1. The van der Waals surface area contributed by atoms with Crippen LogP contribution in [0.1, 0.15) is 19.3 Å². The molecule has 0 bridgehead atoms. The zero-order chi connectivity index (χ0) is 20.5. The highest BCUT2D eigenvalue weighted by Gasteiger charge is 2.47. The van der Waals surface area contributed by atoms with Crippen LogP contribution in [0.4, 0.5) is 5.69 Å². The third-order valence-electron chi connectivity index (χ3n) is 6.14. The molecule has 2 saturated heterocycles. The lowest BCUT2D eigenvalue weighted by Gasteiger charge is -2.38. The zero-order valence-corrected chi connectivity index (χ0v) is 17.3. The summed E-state index contributed by atoms with van der Waals surface area (Å²) in [4.78, 5) is 19.1. The molecule has 4 rings (SSSR count). The lowest BCUT2D eigenvalue weighted by atomic mass is 9.77. The van der Waals surface area contributed by atoms with E-state index in [2.05, 4.69) is 15.2 Å². The van der Waals surface area contributed by atoms with Crippen molar-refractivity contribution in [3.8, 4) is 0 Å². The summed E-state index contributed by atoms with van der Waals surface area (Å²) in [6.45, 7) is 1.75. The Morgan fingerprint density at radius 2 is 1.86 bits per heavy atom. The minimum Gasteiger partial charge on any atom is -0.325 e. The number of amides is 1. The van der Waals surface area contributed by atoms with Crippen LogP contribution < -0.4 is 5.32 Å². The molecule has 154 valence electrons. The molecular weight excluding hydrogens is 388 g/mol. The molecule has 1 unspecified atom stereocenters. The van der Waals surface area contributed by atoms with E-state index >= 15 is 0 Å². The maximum absolute atomic E-state index is 12.8. The Kier molecular flexibility index (Phi) is 5.42. The molecule has 29 heavy (non-hydrogen) atoms. The molecule has 1 atom stereocenters. The number of nitrogens with zero attached hydrogens (tertiary/aromatic N) is 3. The lowest BCUT2D eigenvalue weighted by Crippen LogP contribution is -2.44. The fourth-order valence-electron chi connectivity index (χ4n) is 4.52. The van der Waals surface area contributed by atoms with E-state index in [1.807, 2.05) is 37.4 Å². The highest BCUT2D eigenvalue weighted by molar-refractivity contribution is 7.89. The van der Waals surface area contributed by atoms with Crippen molar-refractivity contribution in [1.82, 2.24) is 14.2 Å². The number of rotatable bonds is 4. The van der Waals surface area contributed by atoms with Gasteiger partial charge in [-0.1, -0.05) is 18.2 Å². The molecule has 2 aromatic rings. The first-order valence-corrected chi connectivity index (χ1v) is 11.3. The minimum absolute atomic E-state index is 0.000913. The molecule has 2 aliphatic heterocycles. The monoisotopic (exact) mass is 414 g/mol. The zero-order valence-electron chi connectivity index (χ0n) is 16.5. The van der Waals surface area contributed by atoms with Crippen molar-refractivity contribution in [3.05, 3.63) is 54.9 Å². The molecule has 1 amide bonds. The Balaban J connectivity index is 1.41. The summed E-state index contributed by atoms with van der Waals surface area (Å²) in [5.74, 6) is 0.000913. The van der Waals surface area contributed by atoms with Gasteiger partial charge in [0.2, 0.25) is 15.9 Å². The van der Waals surface area contributed by atoms with Gasteiger partial charge in [-0.15, -0.1) is 0 Å². The first kappa shape index (κ1) is 20.0. The van der Waals surface area contributed by atoms with E-state index in [1.54, 1.807) is 22.6 Å². The van der Waals surface area contributed by atoms with Crippen molar-refractivity contribution in [1.29, 1.82) is 0 Å². The number of aromatic nitrogens is 1. The molecule has 2 aliphatic rings. The molecule has 0 saturated carbocycles. The molecule has 1 aromatic carbocycles. The van der Waals surface area contributed by atoms with Crippen molar-refractivity contribution in [2.45, 2.75) is 30.2 Å². The molecule has 0 radical (unpaired) electrons. The summed E-state index contributed by atoms with van der Waals surface area (Å²) in [5.41, 5.74) is 0.776. The Bertz CT molecular complexity index is 958. The summed E-state index contributed by atoms with van der Waals surface area (Å²) in [6.07, 6.45) is 5.23. The van der Waals surface area contributed by atoms with Crippen LogP contribution in [-0.4, -0.2) is 61.2 Å². The second-order valence-electron chi connectivity index (χ2n) is 8.08. The van der Waals surface area contributed by atoms with Crippen LogP contribution in [0.3, 0.4) is 0 Å². The predicted molar refractivity (Wildman–Crippen MR) is 111 cm³/mol. The van der Waals surface area contributed by atoms with E-state index in [1.165, 1.54) is 6.20 Å². The van der Waals surface area contributed by atoms with Crippen LogP contribution in [0.15, 0.2) is 59.8 Å². The average molecular weight is 415 g/mol. The summed E-state index contributed by atoms with van der Waals surface area (Å²) in [6, 6.07) is 12.5. The molecular formula is C21H26N4O3S. The molecule has 1 N–H and O–H groups in total. The van der Waals surface area contributed by atoms with Gasteiger partial charge in [0, 0.05) is 37.7 Å². The lowest BCUT2D eigenvalue weighted by molar-refractivity contribution is -0.120. The number of anilines is 1. The number of hydrogen-bond acceptors (Lipinski definition) is 5. The Morgan fingerprint density at radius 1 is 1.14 bits per heavy atom. The fraction of sp³-hybridized carbons (Fsp3) is 0.429. The van der Waals surface area contributed by atoms with Crippen molar-refractivity contribution in [2.75, 3.05) is 32.0 Å². The number of para-hydroxylation sites is 1. The number of pyridine rings is 1. The topological polar surface area (TPSA) is 82.6 Å². The number of carbonyl (C=O) groups is 1. The van der Waals surface area contributed by atoms with Gasteiger partial charge in [-0.2, -0.15) is 4.31 Å². The normalized spacial score (nSPS) is 22.6. The van der Waals surface area contributed by atoms with Gasteiger partial charge in [0.05, 0.1) is 6.04 Å². The van der Waals surface area contributed by atoms with E-state index in [4.69, 9.17) is 0 Å². The van der Waals surface area contributed by atoms with E-state index in [9.17, 15) is 13.2 Å². The van der Waals surface area contributed by atoms with Crippen molar-refractivity contribution in [3.63, 3.8) is 0 Å². The summed E-state index contributed by atoms with van der Waals surface area (Å²) < 4.78 is 27.2. The summed E-state index contributed by atoms with van der Waals surface area (Å²) in [5, 5.41) is 3.00. The SMILES string of the molecule is CN1CC2(CCN(S(=O)(=O)c3cccnc3)CC2)CC1C(=O)Nc1ccccc1. The molecule has 2 fully saturated rings. The minimum atomic E-state index is -3.51. The summed E-state index contributed by atoms with van der Waals surface area (Å²) >= 11 is 0. The number of sulfonamides is 1. The molecule has 7 nitrogen and oxygen atoms in total. The maximum atomic E-state index is 12.8. The fourth-order valence-corrected chi connectivity index (χ4v) is 5.93. The van der Waals surface area contributed by atoms with Crippen LogP contribution in [-0.2, 0) is 14.8 Å². The van der Waals surface area contributed by atoms with Gasteiger partial charge in [-0.05, 0) is 56.0 Å².